The molecule has 0 aliphatic rings. The van der Waals surface area contributed by atoms with Gasteiger partial charge in [0.15, 0.2) is 0 Å². The van der Waals surface area contributed by atoms with E-state index in [1.165, 1.54) is 6.20 Å². The third kappa shape index (κ3) is 5.08. The van der Waals surface area contributed by atoms with E-state index in [9.17, 15) is 4.79 Å². The highest BCUT2D eigenvalue weighted by Gasteiger charge is 2.07. The molecule has 2 aromatic carbocycles. The van der Waals surface area contributed by atoms with E-state index in [0.717, 1.165) is 17.0 Å². The number of amides is 1. The predicted octanol–water partition coefficient (Wildman–Crippen LogP) is 3.68. The molecule has 140 valence electrons. The largest absolute Gasteiger partial charge is 0.497 e. The quantitative estimate of drug-likeness (QED) is 0.661. The van der Waals surface area contributed by atoms with Crippen LogP contribution in [0.4, 0.5) is 11.4 Å². The number of pyridine rings is 1. The van der Waals surface area contributed by atoms with Crippen LogP contribution in [-0.4, -0.2) is 24.5 Å². The zero-order valence-corrected chi connectivity index (χ0v) is 15.5. The van der Waals surface area contributed by atoms with Crippen LogP contribution in [0.1, 0.15) is 21.5 Å². The Morgan fingerprint density at radius 2 is 1.93 bits per heavy atom. The molecule has 0 saturated carbocycles. The number of methoxy groups -OCH3 is 1. The summed E-state index contributed by atoms with van der Waals surface area (Å²) in [5.41, 5.74) is 3.67. The summed E-state index contributed by atoms with van der Waals surface area (Å²) in [5, 5.41) is 14.9. The lowest BCUT2D eigenvalue weighted by Crippen LogP contribution is -2.25. The number of carbonyl (C=O) groups is 1. The molecule has 1 amide bonds. The smallest absolute Gasteiger partial charge is 0.252 e. The number of rotatable bonds is 7. The van der Waals surface area contributed by atoms with Crippen molar-refractivity contribution < 1.29 is 9.53 Å². The molecule has 0 aliphatic carbocycles. The second-order valence-corrected chi connectivity index (χ2v) is 6.13. The second kappa shape index (κ2) is 9.19. The number of ether oxygens (including phenoxy) is 1. The zero-order chi connectivity index (χ0) is 19.8. The highest BCUT2D eigenvalue weighted by Crippen LogP contribution is 2.17. The summed E-state index contributed by atoms with van der Waals surface area (Å²) in [4.78, 5) is 16.5. The van der Waals surface area contributed by atoms with Crippen LogP contribution in [0.15, 0.2) is 67.0 Å². The molecule has 0 saturated heterocycles. The van der Waals surface area contributed by atoms with Crippen molar-refractivity contribution in [2.45, 2.75) is 6.42 Å². The molecule has 0 bridgehead atoms. The Labute approximate surface area is 163 Å². The number of nitrogens with zero attached hydrogens (tertiary/aromatic N) is 2. The van der Waals surface area contributed by atoms with Gasteiger partial charge in [0.05, 0.1) is 36.2 Å². The first-order valence-corrected chi connectivity index (χ1v) is 8.81. The molecule has 6 heteroatoms. The van der Waals surface area contributed by atoms with Crippen molar-refractivity contribution in [3.05, 3.63) is 83.7 Å². The minimum atomic E-state index is -0.182. The summed E-state index contributed by atoms with van der Waals surface area (Å²) < 4.78 is 5.21. The first-order valence-electron chi connectivity index (χ1n) is 8.81. The second-order valence-electron chi connectivity index (χ2n) is 6.13. The molecule has 1 heterocycles. The van der Waals surface area contributed by atoms with Crippen molar-refractivity contribution in [1.82, 2.24) is 10.3 Å². The maximum atomic E-state index is 12.4. The van der Waals surface area contributed by atoms with E-state index < -0.39 is 0 Å². The maximum Gasteiger partial charge on any atom is 0.252 e. The van der Waals surface area contributed by atoms with Gasteiger partial charge in [-0.1, -0.05) is 12.1 Å². The number of carbonyl (C=O) groups excluding carboxylic acids is 1. The van der Waals surface area contributed by atoms with Crippen LogP contribution < -0.4 is 15.4 Å². The zero-order valence-electron chi connectivity index (χ0n) is 15.5. The molecule has 3 aromatic rings. The average molecular weight is 372 g/mol. The van der Waals surface area contributed by atoms with Gasteiger partial charge in [-0.25, -0.2) is 0 Å². The fraction of sp³-hybridized carbons (Fsp3) is 0.136. The van der Waals surface area contributed by atoms with Gasteiger partial charge in [0.1, 0.15) is 5.75 Å². The van der Waals surface area contributed by atoms with Gasteiger partial charge in [-0.15, -0.1) is 0 Å². The summed E-state index contributed by atoms with van der Waals surface area (Å²) in [7, 11) is 1.63. The SMILES string of the molecule is COc1cccc(CCNC(=O)c2cncc(Nc3ccc(C#N)cc3)c2)c1. The number of anilines is 2. The van der Waals surface area contributed by atoms with Crippen LogP contribution in [0.2, 0.25) is 0 Å². The molecule has 2 N–H and O–H groups in total. The summed E-state index contributed by atoms with van der Waals surface area (Å²) >= 11 is 0. The summed E-state index contributed by atoms with van der Waals surface area (Å²) in [6.07, 6.45) is 3.88. The number of nitriles is 1. The molecule has 6 nitrogen and oxygen atoms in total. The van der Waals surface area contributed by atoms with Crippen molar-refractivity contribution in [2.24, 2.45) is 0 Å². The molecule has 3 rings (SSSR count). The Morgan fingerprint density at radius 3 is 2.68 bits per heavy atom. The van der Waals surface area contributed by atoms with Gasteiger partial charge < -0.3 is 15.4 Å². The lowest BCUT2D eigenvalue weighted by atomic mass is 10.1. The highest BCUT2D eigenvalue weighted by atomic mass is 16.5. The molecule has 0 radical (unpaired) electrons. The Kier molecular flexibility index (Phi) is 6.21. The molecular weight excluding hydrogens is 352 g/mol. The van der Waals surface area contributed by atoms with Crippen molar-refractivity contribution >= 4 is 17.3 Å². The Hall–Kier alpha value is -3.85. The number of aromatic nitrogens is 1. The normalized spacial score (nSPS) is 10.0. The fourth-order valence-electron chi connectivity index (χ4n) is 2.68. The summed E-state index contributed by atoms with van der Waals surface area (Å²) in [6, 6.07) is 18.7. The van der Waals surface area contributed by atoms with E-state index in [-0.39, 0.29) is 5.91 Å². The Bertz CT molecular complexity index is 994. The number of hydrogen-bond acceptors (Lipinski definition) is 5. The van der Waals surface area contributed by atoms with Gasteiger partial charge in [-0.05, 0) is 54.4 Å². The van der Waals surface area contributed by atoms with Crippen LogP contribution in [0.5, 0.6) is 5.75 Å². The number of nitrogens with one attached hydrogen (secondary N) is 2. The number of benzene rings is 2. The van der Waals surface area contributed by atoms with E-state index in [0.29, 0.717) is 29.8 Å². The minimum Gasteiger partial charge on any atom is -0.497 e. The van der Waals surface area contributed by atoms with Crippen molar-refractivity contribution in [1.29, 1.82) is 5.26 Å². The maximum absolute atomic E-state index is 12.4. The monoisotopic (exact) mass is 372 g/mol. The third-order valence-electron chi connectivity index (χ3n) is 4.14. The average Bonchev–Trinajstić information content (AvgIpc) is 2.74. The van der Waals surface area contributed by atoms with E-state index >= 15 is 0 Å². The van der Waals surface area contributed by atoms with Crippen molar-refractivity contribution in [2.75, 3.05) is 19.0 Å². The number of hydrogen-bond donors (Lipinski definition) is 2. The van der Waals surface area contributed by atoms with E-state index in [1.807, 2.05) is 24.3 Å². The van der Waals surface area contributed by atoms with Gasteiger partial charge in [0, 0.05) is 18.4 Å². The molecular formula is C22H20N4O2. The Balaban J connectivity index is 1.57. The summed E-state index contributed by atoms with van der Waals surface area (Å²) in [5.74, 6) is 0.619. The van der Waals surface area contributed by atoms with E-state index in [1.54, 1.807) is 43.6 Å². The molecule has 1 aromatic heterocycles. The topological polar surface area (TPSA) is 87.0 Å². The van der Waals surface area contributed by atoms with E-state index in [4.69, 9.17) is 10.00 Å². The van der Waals surface area contributed by atoms with Crippen molar-refractivity contribution in [3.63, 3.8) is 0 Å². The van der Waals surface area contributed by atoms with Gasteiger partial charge in [0.25, 0.3) is 5.91 Å². The van der Waals surface area contributed by atoms with Gasteiger partial charge >= 0.3 is 0 Å². The van der Waals surface area contributed by atoms with Crippen molar-refractivity contribution in [3.8, 4) is 11.8 Å². The lowest BCUT2D eigenvalue weighted by Gasteiger charge is -2.09. The van der Waals surface area contributed by atoms with Gasteiger partial charge in [-0.2, -0.15) is 5.26 Å². The molecule has 0 fully saturated rings. The molecule has 0 atom stereocenters. The fourth-order valence-corrected chi connectivity index (χ4v) is 2.68. The van der Waals surface area contributed by atoms with Crippen LogP contribution in [-0.2, 0) is 6.42 Å². The molecule has 0 unspecified atom stereocenters. The molecule has 0 aliphatic heterocycles. The minimum absolute atomic E-state index is 0.182. The van der Waals surface area contributed by atoms with Crippen LogP contribution in [0.25, 0.3) is 0 Å². The summed E-state index contributed by atoms with van der Waals surface area (Å²) in [6.45, 7) is 0.513. The first kappa shape index (κ1) is 18.9. The van der Waals surface area contributed by atoms with Crippen LogP contribution in [0.3, 0.4) is 0 Å². The molecule has 28 heavy (non-hydrogen) atoms. The van der Waals surface area contributed by atoms with Crippen LogP contribution >= 0.6 is 0 Å². The lowest BCUT2D eigenvalue weighted by molar-refractivity contribution is 0.0954. The van der Waals surface area contributed by atoms with Gasteiger partial charge in [-0.3, -0.25) is 9.78 Å². The highest BCUT2D eigenvalue weighted by molar-refractivity contribution is 5.94. The predicted molar refractivity (Wildman–Crippen MR) is 108 cm³/mol. The third-order valence-corrected chi connectivity index (χ3v) is 4.14. The standard InChI is InChI=1S/C22H20N4O2/c1-28-21-4-2-3-16(11-21)9-10-25-22(27)18-12-20(15-24-14-18)26-19-7-5-17(13-23)6-8-19/h2-8,11-12,14-15,26H,9-10H2,1H3,(H,25,27). The molecule has 0 spiro atoms. The van der Waals surface area contributed by atoms with Crippen LogP contribution in [0, 0.1) is 11.3 Å². The van der Waals surface area contributed by atoms with Gasteiger partial charge in [0.2, 0.25) is 0 Å². The first-order chi connectivity index (χ1) is 13.7. The Morgan fingerprint density at radius 1 is 1.11 bits per heavy atom. The van der Waals surface area contributed by atoms with E-state index in [2.05, 4.69) is 21.7 Å².